The molecule has 2 aliphatic rings. The van der Waals surface area contributed by atoms with Crippen molar-refractivity contribution in [2.24, 2.45) is 5.92 Å². The fourth-order valence-electron chi connectivity index (χ4n) is 3.88. The summed E-state index contributed by atoms with van der Waals surface area (Å²) < 4.78 is 5.40. The third kappa shape index (κ3) is 5.01. The molecule has 2 amide bonds. The van der Waals surface area contributed by atoms with E-state index < -0.39 is 18.0 Å². The fourth-order valence-corrected chi connectivity index (χ4v) is 3.88. The number of carboxylic acid groups (broad SMARTS) is 1. The number of carbonyl (C=O) groups is 3. The third-order valence-electron chi connectivity index (χ3n) is 5.52. The summed E-state index contributed by atoms with van der Waals surface area (Å²) in [4.78, 5) is 41.2. The van der Waals surface area contributed by atoms with Crippen molar-refractivity contribution in [1.82, 2.24) is 14.7 Å². The minimum absolute atomic E-state index is 0.0479. The first-order valence-corrected chi connectivity index (χ1v) is 9.62. The van der Waals surface area contributed by atoms with Gasteiger partial charge in [0, 0.05) is 52.2 Å². The van der Waals surface area contributed by atoms with Crippen LogP contribution in [0.5, 0.6) is 0 Å². The number of ether oxygens (including phenoxy) is 1. The Morgan fingerprint density at radius 2 is 1.71 bits per heavy atom. The van der Waals surface area contributed by atoms with E-state index in [0.717, 1.165) is 5.56 Å². The Morgan fingerprint density at radius 3 is 2.32 bits per heavy atom. The zero-order chi connectivity index (χ0) is 20.1. The molecule has 152 valence electrons. The van der Waals surface area contributed by atoms with E-state index in [1.165, 1.54) is 4.90 Å². The summed E-state index contributed by atoms with van der Waals surface area (Å²) in [6.45, 7) is 4.94. The number of benzene rings is 1. The number of carboxylic acids is 1. The average Bonchev–Trinajstić information content (AvgIpc) is 2.72. The number of hydrogen-bond acceptors (Lipinski definition) is 5. The maximum atomic E-state index is 12.5. The summed E-state index contributed by atoms with van der Waals surface area (Å²) in [6, 6.07) is 9.35. The van der Waals surface area contributed by atoms with Crippen LogP contribution in [0.1, 0.15) is 18.9 Å². The molecule has 2 atom stereocenters. The second-order valence-corrected chi connectivity index (χ2v) is 7.41. The van der Waals surface area contributed by atoms with E-state index in [1.807, 2.05) is 30.3 Å². The molecule has 1 N–H and O–H groups in total. The van der Waals surface area contributed by atoms with E-state index in [9.17, 15) is 19.5 Å². The van der Waals surface area contributed by atoms with Crippen LogP contribution in [-0.2, 0) is 20.9 Å². The number of aliphatic carboxylic acids is 1. The van der Waals surface area contributed by atoms with Gasteiger partial charge in [-0.15, -0.1) is 0 Å². The van der Waals surface area contributed by atoms with E-state index >= 15 is 0 Å². The molecule has 28 heavy (non-hydrogen) atoms. The lowest BCUT2D eigenvalue weighted by Crippen LogP contribution is -2.58. The van der Waals surface area contributed by atoms with Crippen LogP contribution in [0.3, 0.4) is 0 Å². The molecule has 0 aromatic heterocycles. The van der Waals surface area contributed by atoms with Gasteiger partial charge in [0.15, 0.2) is 0 Å². The van der Waals surface area contributed by atoms with Crippen LogP contribution in [0.2, 0.25) is 0 Å². The van der Waals surface area contributed by atoms with Crippen molar-refractivity contribution in [3.63, 3.8) is 0 Å². The minimum atomic E-state index is -0.895. The standard InChI is InChI=1S/C20H27N3O5/c1-15(24)21-7-9-22(10-8-21)18-11-17(19(25)26)12-23(13-18)20(27)28-14-16-5-3-2-4-6-16/h2-6,17-18H,7-14H2,1H3,(H,25,26)/t17-,18-/m1/s1. The molecule has 1 aromatic rings. The Hall–Kier alpha value is -2.61. The molecule has 2 heterocycles. The van der Waals surface area contributed by atoms with E-state index in [0.29, 0.717) is 39.1 Å². The first kappa shape index (κ1) is 20.1. The molecular formula is C20H27N3O5. The molecule has 2 fully saturated rings. The van der Waals surface area contributed by atoms with E-state index in [-0.39, 0.29) is 25.1 Å². The predicted octanol–water partition coefficient (Wildman–Crippen LogP) is 1.26. The highest BCUT2D eigenvalue weighted by Gasteiger charge is 2.38. The smallest absolute Gasteiger partial charge is 0.410 e. The van der Waals surface area contributed by atoms with Crippen LogP contribution in [-0.4, -0.2) is 83.1 Å². The molecule has 8 heteroatoms. The minimum Gasteiger partial charge on any atom is -0.481 e. The van der Waals surface area contributed by atoms with E-state index in [2.05, 4.69) is 4.90 Å². The molecule has 0 radical (unpaired) electrons. The lowest BCUT2D eigenvalue weighted by Gasteiger charge is -2.44. The highest BCUT2D eigenvalue weighted by Crippen LogP contribution is 2.23. The Balaban J connectivity index is 1.60. The molecule has 0 unspecified atom stereocenters. The van der Waals surface area contributed by atoms with Crippen molar-refractivity contribution < 1.29 is 24.2 Å². The summed E-state index contributed by atoms with van der Waals surface area (Å²) in [6.07, 6.45) is 0.0138. The maximum absolute atomic E-state index is 12.5. The number of carbonyl (C=O) groups excluding carboxylic acids is 2. The summed E-state index contributed by atoms with van der Waals surface area (Å²) >= 11 is 0. The Morgan fingerprint density at radius 1 is 1.04 bits per heavy atom. The molecule has 0 spiro atoms. The zero-order valence-electron chi connectivity index (χ0n) is 16.1. The Kier molecular flexibility index (Phi) is 6.51. The topological polar surface area (TPSA) is 90.4 Å². The quantitative estimate of drug-likeness (QED) is 0.834. The highest BCUT2D eigenvalue weighted by atomic mass is 16.6. The number of amides is 2. The van der Waals surface area contributed by atoms with Crippen LogP contribution in [0.25, 0.3) is 0 Å². The van der Waals surface area contributed by atoms with Crippen molar-refractivity contribution in [1.29, 1.82) is 0 Å². The molecule has 0 bridgehead atoms. The van der Waals surface area contributed by atoms with Crippen LogP contribution in [0.4, 0.5) is 4.79 Å². The second kappa shape index (κ2) is 9.05. The van der Waals surface area contributed by atoms with Crippen LogP contribution in [0, 0.1) is 5.92 Å². The number of piperazine rings is 1. The largest absolute Gasteiger partial charge is 0.481 e. The number of hydrogen-bond donors (Lipinski definition) is 1. The van der Waals surface area contributed by atoms with Gasteiger partial charge in [-0.05, 0) is 12.0 Å². The summed E-state index contributed by atoms with van der Waals surface area (Å²) in [5, 5.41) is 9.53. The monoisotopic (exact) mass is 389 g/mol. The number of piperidine rings is 1. The number of nitrogens with zero attached hydrogens (tertiary/aromatic N) is 3. The van der Waals surface area contributed by atoms with Crippen molar-refractivity contribution in [3.05, 3.63) is 35.9 Å². The molecule has 0 aliphatic carbocycles. The highest BCUT2D eigenvalue weighted by molar-refractivity contribution is 5.74. The number of likely N-dealkylation sites (tertiary alicyclic amines) is 1. The van der Waals surface area contributed by atoms with E-state index in [4.69, 9.17) is 4.74 Å². The van der Waals surface area contributed by atoms with Crippen molar-refractivity contribution in [3.8, 4) is 0 Å². The van der Waals surface area contributed by atoms with Gasteiger partial charge < -0.3 is 19.6 Å². The van der Waals surface area contributed by atoms with Gasteiger partial charge >= 0.3 is 12.1 Å². The SMILES string of the molecule is CC(=O)N1CCN([C@@H]2C[C@@H](C(=O)O)CN(C(=O)OCc3ccccc3)C2)CC1. The van der Waals surface area contributed by atoms with Crippen LogP contribution >= 0.6 is 0 Å². The predicted molar refractivity (Wildman–Crippen MR) is 102 cm³/mol. The van der Waals surface area contributed by atoms with Gasteiger partial charge in [-0.2, -0.15) is 0 Å². The summed E-state index contributed by atoms with van der Waals surface area (Å²) in [7, 11) is 0. The van der Waals surface area contributed by atoms with Crippen molar-refractivity contribution >= 4 is 18.0 Å². The molecule has 3 rings (SSSR count). The molecule has 1 aromatic carbocycles. The average molecular weight is 389 g/mol. The molecule has 8 nitrogen and oxygen atoms in total. The first-order valence-electron chi connectivity index (χ1n) is 9.62. The molecule has 2 saturated heterocycles. The second-order valence-electron chi connectivity index (χ2n) is 7.41. The van der Waals surface area contributed by atoms with Crippen LogP contribution in [0.15, 0.2) is 30.3 Å². The van der Waals surface area contributed by atoms with Gasteiger partial charge in [-0.1, -0.05) is 30.3 Å². The van der Waals surface area contributed by atoms with E-state index in [1.54, 1.807) is 11.8 Å². The van der Waals surface area contributed by atoms with Gasteiger partial charge in [-0.3, -0.25) is 14.5 Å². The van der Waals surface area contributed by atoms with Gasteiger partial charge in [0.1, 0.15) is 6.61 Å². The Labute approximate surface area is 164 Å². The summed E-state index contributed by atoms with van der Waals surface area (Å²) in [5.74, 6) is -1.46. The van der Waals surface area contributed by atoms with Crippen LogP contribution < -0.4 is 0 Å². The fraction of sp³-hybridized carbons (Fsp3) is 0.550. The molecule has 0 saturated carbocycles. The molecular weight excluding hydrogens is 362 g/mol. The summed E-state index contributed by atoms with van der Waals surface area (Å²) in [5.41, 5.74) is 0.888. The van der Waals surface area contributed by atoms with Gasteiger partial charge in [0.2, 0.25) is 5.91 Å². The number of rotatable bonds is 4. The zero-order valence-corrected chi connectivity index (χ0v) is 16.1. The normalized spacial score (nSPS) is 23.3. The van der Waals surface area contributed by atoms with Crippen molar-refractivity contribution in [2.45, 2.75) is 26.0 Å². The van der Waals surface area contributed by atoms with Gasteiger partial charge in [0.05, 0.1) is 5.92 Å². The lowest BCUT2D eigenvalue weighted by molar-refractivity contribution is -0.144. The van der Waals surface area contributed by atoms with Gasteiger partial charge in [-0.25, -0.2) is 4.79 Å². The maximum Gasteiger partial charge on any atom is 0.410 e. The van der Waals surface area contributed by atoms with Gasteiger partial charge in [0.25, 0.3) is 0 Å². The third-order valence-corrected chi connectivity index (χ3v) is 5.52. The van der Waals surface area contributed by atoms with Crippen molar-refractivity contribution in [2.75, 3.05) is 39.3 Å². The first-order chi connectivity index (χ1) is 13.4. The molecule has 2 aliphatic heterocycles. The Bertz CT molecular complexity index is 703. The lowest BCUT2D eigenvalue weighted by atomic mass is 9.93.